The van der Waals surface area contributed by atoms with Gasteiger partial charge in [0.15, 0.2) is 0 Å². The van der Waals surface area contributed by atoms with Gasteiger partial charge in [-0.1, -0.05) is 6.92 Å². The first-order valence-corrected chi connectivity index (χ1v) is 6.58. The minimum atomic E-state index is -0.245. The molecule has 2 heterocycles. The highest BCUT2D eigenvalue weighted by atomic mass is 35.5. The van der Waals surface area contributed by atoms with Crippen molar-refractivity contribution in [3.63, 3.8) is 0 Å². The van der Waals surface area contributed by atoms with Gasteiger partial charge in [0.2, 0.25) is 5.91 Å². The van der Waals surface area contributed by atoms with Crippen molar-refractivity contribution < 1.29 is 4.79 Å². The van der Waals surface area contributed by atoms with E-state index in [2.05, 4.69) is 22.7 Å². The highest BCUT2D eigenvalue weighted by molar-refractivity contribution is 5.85. The summed E-state index contributed by atoms with van der Waals surface area (Å²) < 4.78 is 1.68. The summed E-state index contributed by atoms with van der Waals surface area (Å²) in [6.45, 7) is 6.95. The van der Waals surface area contributed by atoms with Crippen molar-refractivity contribution in [1.82, 2.24) is 20.4 Å². The highest BCUT2D eigenvalue weighted by Crippen LogP contribution is 2.26. The van der Waals surface area contributed by atoms with Crippen LogP contribution in [-0.2, 0) is 4.79 Å². The van der Waals surface area contributed by atoms with Gasteiger partial charge in [0.1, 0.15) is 6.04 Å². The fourth-order valence-electron chi connectivity index (χ4n) is 2.29. The largest absolute Gasteiger partial charge is 0.354 e. The van der Waals surface area contributed by atoms with Crippen LogP contribution in [0, 0.1) is 5.41 Å². The molecular weight excluding hydrogens is 299 g/mol. The third-order valence-corrected chi connectivity index (χ3v) is 3.80. The zero-order valence-electron chi connectivity index (χ0n) is 12.0. The summed E-state index contributed by atoms with van der Waals surface area (Å²) in [5.41, 5.74) is 0.227. The van der Waals surface area contributed by atoms with Crippen LogP contribution in [0.15, 0.2) is 18.5 Å². The molecule has 116 valence electrons. The van der Waals surface area contributed by atoms with Crippen LogP contribution in [0.2, 0.25) is 0 Å². The normalized spacial score (nSPS) is 18.3. The number of halogens is 2. The van der Waals surface area contributed by atoms with E-state index in [4.69, 9.17) is 0 Å². The lowest BCUT2D eigenvalue weighted by Crippen LogP contribution is -2.44. The molecule has 5 nitrogen and oxygen atoms in total. The molecule has 2 rings (SSSR count). The summed E-state index contributed by atoms with van der Waals surface area (Å²) in [4.78, 5) is 12.0. The highest BCUT2D eigenvalue weighted by Gasteiger charge is 2.27. The minimum Gasteiger partial charge on any atom is -0.354 e. The van der Waals surface area contributed by atoms with Crippen LogP contribution in [0.3, 0.4) is 0 Å². The maximum Gasteiger partial charge on any atom is 0.244 e. The number of amides is 1. The summed E-state index contributed by atoms with van der Waals surface area (Å²) in [7, 11) is 0. The van der Waals surface area contributed by atoms with Crippen LogP contribution in [0.1, 0.15) is 32.7 Å². The molecule has 1 atom stereocenters. The maximum atomic E-state index is 12.0. The van der Waals surface area contributed by atoms with E-state index < -0.39 is 0 Å². The molecule has 1 saturated heterocycles. The van der Waals surface area contributed by atoms with Crippen LogP contribution in [-0.4, -0.2) is 35.3 Å². The number of carbonyl (C=O) groups excluding carboxylic acids is 1. The topological polar surface area (TPSA) is 59.0 Å². The SMILES string of the molecule is CC(C(=O)NCC1(C)CCNCC1)n1cccn1.Cl.Cl. The van der Waals surface area contributed by atoms with Crippen LogP contribution in [0.25, 0.3) is 0 Å². The van der Waals surface area contributed by atoms with Crippen molar-refractivity contribution in [3.05, 3.63) is 18.5 Å². The molecule has 1 unspecified atom stereocenters. The monoisotopic (exact) mass is 322 g/mol. The number of hydrogen-bond acceptors (Lipinski definition) is 3. The lowest BCUT2D eigenvalue weighted by atomic mass is 9.81. The molecule has 20 heavy (non-hydrogen) atoms. The molecule has 0 bridgehead atoms. The molecule has 0 spiro atoms. The molecule has 0 radical (unpaired) electrons. The van der Waals surface area contributed by atoms with Crippen molar-refractivity contribution in [2.24, 2.45) is 5.41 Å². The second-order valence-electron chi connectivity index (χ2n) is 5.44. The molecule has 1 aliphatic rings. The Morgan fingerprint density at radius 3 is 2.65 bits per heavy atom. The number of rotatable bonds is 4. The van der Waals surface area contributed by atoms with Crippen molar-refractivity contribution in [1.29, 1.82) is 0 Å². The Balaban J connectivity index is 0.00000180. The van der Waals surface area contributed by atoms with E-state index in [0.717, 1.165) is 32.5 Å². The summed E-state index contributed by atoms with van der Waals surface area (Å²) in [5.74, 6) is 0.0402. The molecule has 1 amide bonds. The van der Waals surface area contributed by atoms with Gasteiger partial charge in [-0.15, -0.1) is 24.8 Å². The fraction of sp³-hybridized carbons (Fsp3) is 0.692. The van der Waals surface area contributed by atoms with Gasteiger partial charge in [-0.05, 0) is 44.3 Å². The van der Waals surface area contributed by atoms with Gasteiger partial charge in [0.05, 0.1) is 0 Å². The van der Waals surface area contributed by atoms with Gasteiger partial charge in [0, 0.05) is 18.9 Å². The first-order valence-electron chi connectivity index (χ1n) is 6.58. The number of aromatic nitrogens is 2. The summed E-state index contributed by atoms with van der Waals surface area (Å²) in [6, 6.07) is 1.59. The van der Waals surface area contributed by atoms with Gasteiger partial charge in [-0.2, -0.15) is 5.10 Å². The average molecular weight is 323 g/mol. The number of nitrogens with one attached hydrogen (secondary N) is 2. The van der Waals surface area contributed by atoms with Gasteiger partial charge >= 0.3 is 0 Å². The van der Waals surface area contributed by atoms with E-state index in [1.807, 2.05) is 19.2 Å². The smallest absolute Gasteiger partial charge is 0.244 e. The quantitative estimate of drug-likeness (QED) is 0.888. The molecule has 7 heteroatoms. The number of hydrogen-bond donors (Lipinski definition) is 2. The first kappa shape index (κ1) is 19.2. The average Bonchev–Trinajstić information content (AvgIpc) is 2.90. The predicted octanol–water partition coefficient (Wildman–Crippen LogP) is 1.79. The molecule has 1 fully saturated rings. The molecule has 0 aliphatic carbocycles. The minimum absolute atomic E-state index is 0. The van der Waals surface area contributed by atoms with Crippen LogP contribution in [0.4, 0.5) is 0 Å². The Bertz CT molecular complexity index is 391. The first-order chi connectivity index (χ1) is 8.61. The third-order valence-electron chi connectivity index (χ3n) is 3.80. The van der Waals surface area contributed by atoms with Crippen molar-refractivity contribution >= 4 is 30.7 Å². The second kappa shape index (κ2) is 8.49. The van der Waals surface area contributed by atoms with E-state index in [1.165, 1.54) is 0 Å². The molecular formula is C13H24Cl2N4O. The lowest BCUT2D eigenvalue weighted by molar-refractivity contribution is -0.124. The Morgan fingerprint density at radius 1 is 1.45 bits per heavy atom. The Hall–Kier alpha value is -0.780. The summed E-state index contributed by atoms with van der Waals surface area (Å²) >= 11 is 0. The molecule has 0 saturated carbocycles. The predicted molar refractivity (Wildman–Crippen MR) is 84.7 cm³/mol. The van der Waals surface area contributed by atoms with Crippen LogP contribution in [0.5, 0.6) is 0 Å². The fourth-order valence-corrected chi connectivity index (χ4v) is 2.29. The van der Waals surface area contributed by atoms with Crippen molar-refractivity contribution in [2.45, 2.75) is 32.7 Å². The zero-order valence-corrected chi connectivity index (χ0v) is 13.6. The van der Waals surface area contributed by atoms with Crippen LogP contribution >= 0.6 is 24.8 Å². The number of carbonyl (C=O) groups is 1. The summed E-state index contributed by atoms with van der Waals surface area (Å²) in [6.07, 6.45) is 5.74. The van der Waals surface area contributed by atoms with E-state index in [9.17, 15) is 4.79 Å². The number of nitrogens with zero attached hydrogens (tertiary/aromatic N) is 2. The van der Waals surface area contributed by atoms with E-state index in [1.54, 1.807) is 10.9 Å². The summed E-state index contributed by atoms with van der Waals surface area (Å²) in [5, 5.41) is 10.5. The Labute approximate surface area is 132 Å². The van der Waals surface area contributed by atoms with Gasteiger partial charge in [0.25, 0.3) is 0 Å². The number of piperidine rings is 1. The van der Waals surface area contributed by atoms with E-state index >= 15 is 0 Å². The third kappa shape index (κ3) is 4.96. The molecule has 2 N–H and O–H groups in total. The Kier molecular flexibility index (Phi) is 8.16. The van der Waals surface area contributed by atoms with Crippen molar-refractivity contribution in [3.8, 4) is 0 Å². The molecule has 0 aromatic carbocycles. The van der Waals surface area contributed by atoms with Gasteiger partial charge in [-0.25, -0.2) is 0 Å². The van der Waals surface area contributed by atoms with E-state index in [0.29, 0.717) is 0 Å². The standard InChI is InChI=1S/C13H22N4O.2ClH/c1-11(17-9-3-6-16-17)12(18)15-10-13(2)4-7-14-8-5-13;;/h3,6,9,11,14H,4-5,7-8,10H2,1-2H3,(H,15,18);2*1H. The molecule has 1 aromatic rings. The van der Waals surface area contributed by atoms with Crippen molar-refractivity contribution in [2.75, 3.05) is 19.6 Å². The van der Waals surface area contributed by atoms with Gasteiger partial charge < -0.3 is 10.6 Å². The molecule has 1 aromatic heterocycles. The van der Waals surface area contributed by atoms with Gasteiger partial charge in [-0.3, -0.25) is 9.48 Å². The van der Waals surface area contributed by atoms with Crippen LogP contribution < -0.4 is 10.6 Å². The van der Waals surface area contributed by atoms with E-state index in [-0.39, 0.29) is 42.2 Å². The Morgan fingerprint density at radius 2 is 2.10 bits per heavy atom. The second-order valence-corrected chi connectivity index (χ2v) is 5.44. The zero-order chi connectivity index (χ0) is 13.0. The lowest BCUT2D eigenvalue weighted by Gasteiger charge is -2.34. The molecule has 1 aliphatic heterocycles. The maximum absolute atomic E-state index is 12.0.